The number of halogens is 1. The number of phenolic OH excluding ortho intramolecular Hbond substituents is 1. The van der Waals surface area contributed by atoms with Crippen LogP contribution in [0.3, 0.4) is 0 Å². The van der Waals surface area contributed by atoms with Gasteiger partial charge >= 0.3 is 6.03 Å². The van der Waals surface area contributed by atoms with E-state index in [4.69, 9.17) is 4.74 Å². The molecule has 0 bridgehead atoms. The van der Waals surface area contributed by atoms with Crippen molar-refractivity contribution in [1.29, 1.82) is 0 Å². The van der Waals surface area contributed by atoms with Gasteiger partial charge < -0.3 is 15.2 Å². The summed E-state index contributed by atoms with van der Waals surface area (Å²) in [6.07, 6.45) is 1.41. The van der Waals surface area contributed by atoms with Crippen molar-refractivity contribution in [1.82, 2.24) is 5.32 Å². The fourth-order valence-corrected chi connectivity index (χ4v) is 2.82. The molecule has 1 aliphatic heterocycles. The maximum atomic E-state index is 12.5. The maximum absolute atomic E-state index is 12.5. The third kappa shape index (κ3) is 2.85. The van der Waals surface area contributed by atoms with Crippen LogP contribution < -0.4 is 15.0 Å². The minimum atomic E-state index is -0.543. The number of nitrogens with one attached hydrogen (secondary N) is 1. The van der Waals surface area contributed by atoms with E-state index in [9.17, 15) is 14.7 Å². The van der Waals surface area contributed by atoms with Gasteiger partial charge in [0.05, 0.1) is 12.8 Å². The van der Waals surface area contributed by atoms with Gasteiger partial charge in [-0.1, -0.05) is 34.1 Å². The number of phenols is 1. The Morgan fingerprint density at radius 1 is 1.21 bits per heavy atom. The maximum Gasteiger partial charge on any atom is 0.333 e. The average Bonchev–Trinajstić information content (AvgIpc) is 2.85. The van der Waals surface area contributed by atoms with E-state index >= 15 is 0 Å². The molecule has 1 saturated heterocycles. The van der Waals surface area contributed by atoms with Crippen LogP contribution in [0.2, 0.25) is 0 Å². The van der Waals surface area contributed by atoms with Crippen LogP contribution in [0.5, 0.6) is 11.5 Å². The number of anilines is 1. The van der Waals surface area contributed by atoms with E-state index in [1.54, 1.807) is 42.5 Å². The van der Waals surface area contributed by atoms with Gasteiger partial charge in [-0.05, 0) is 30.3 Å². The molecule has 3 amide bonds. The van der Waals surface area contributed by atoms with Gasteiger partial charge in [0.2, 0.25) is 0 Å². The van der Waals surface area contributed by atoms with Gasteiger partial charge in [0.25, 0.3) is 5.91 Å². The van der Waals surface area contributed by atoms with Gasteiger partial charge in [-0.25, -0.2) is 9.69 Å². The molecule has 6 nitrogen and oxygen atoms in total. The number of hydrogen-bond donors (Lipinski definition) is 2. The normalized spacial score (nSPS) is 15.8. The number of imide groups is 1. The number of carbonyl (C=O) groups is 2. The molecule has 0 saturated carbocycles. The molecule has 1 heterocycles. The molecule has 2 N–H and O–H groups in total. The Morgan fingerprint density at radius 3 is 2.58 bits per heavy atom. The van der Waals surface area contributed by atoms with E-state index in [1.165, 1.54) is 13.2 Å². The molecule has 2 aromatic rings. The third-order valence-electron chi connectivity index (χ3n) is 3.48. The number of carbonyl (C=O) groups excluding carboxylic acids is 2. The molecular formula is C17H13BrN2O4. The van der Waals surface area contributed by atoms with Gasteiger partial charge in [-0.2, -0.15) is 0 Å². The lowest BCUT2D eigenvalue weighted by Crippen LogP contribution is -2.30. The van der Waals surface area contributed by atoms with Crippen molar-refractivity contribution in [2.75, 3.05) is 12.0 Å². The van der Waals surface area contributed by atoms with Crippen molar-refractivity contribution in [3.8, 4) is 11.5 Å². The van der Waals surface area contributed by atoms with Crippen LogP contribution >= 0.6 is 15.9 Å². The summed E-state index contributed by atoms with van der Waals surface area (Å²) in [5.41, 5.74) is 0.888. The fourth-order valence-electron chi connectivity index (χ4n) is 2.36. The highest BCUT2D eigenvalue weighted by Gasteiger charge is 2.34. The minimum absolute atomic E-state index is 0.0688. The summed E-state index contributed by atoms with van der Waals surface area (Å²) in [5, 5.41) is 12.7. The standard InChI is InChI=1S/C17H13BrN2O4/c1-24-14-9-11(18)7-10(15(14)21)8-13-16(22)20(17(23)19-13)12-5-3-2-4-6-12/h2-9,21H,1H3,(H,19,23)/b13-8+. The van der Waals surface area contributed by atoms with Gasteiger partial charge in [-0.3, -0.25) is 4.79 Å². The Bertz CT molecular complexity index is 849. The van der Waals surface area contributed by atoms with Crippen molar-refractivity contribution >= 4 is 39.6 Å². The second-order valence-electron chi connectivity index (χ2n) is 5.01. The van der Waals surface area contributed by atoms with Gasteiger partial charge in [0.15, 0.2) is 11.5 Å². The molecule has 0 unspecified atom stereocenters. The largest absolute Gasteiger partial charge is 0.504 e. The van der Waals surface area contributed by atoms with Crippen molar-refractivity contribution in [2.45, 2.75) is 0 Å². The third-order valence-corrected chi connectivity index (χ3v) is 3.94. The summed E-state index contributed by atoms with van der Waals surface area (Å²) in [6.45, 7) is 0. The Kier molecular flexibility index (Phi) is 4.26. The Balaban J connectivity index is 2.00. The van der Waals surface area contributed by atoms with E-state index < -0.39 is 11.9 Å². The van der Waals surface area contributed by atoms with Crippen molar-refractivity contribution in [2.24, 2.45) is 0 Å². The number of benzene rings is 2. The fraction of sp³-hybridized carbons (Fsp3) is 0.0588. The number of amides is 3. The molecule has 0 radical (unpaired) electrons. The number of ether oxygens (including phenoxy) is 1. The smallest absolute Gasteiger partial charge is 0.333 e. The summed E-state index contributed by atoms with van der Waals surface area (Å²) in [6, 6.07) is 11.3. The molecule has 2 aromatic carbocycles. The van der Waals surface area contributed by atoms with Gasteiger partial charge in [0.1, 0.15) is 5.70 Å². The summed E-state index contributed by atoms with van der Waals surface area (Å²) < 4.78 is 5.74. The van der Waals surface area contributed by atoms with Crippen LogP contribution in [0, 0.1) is 0 Å². The Labute approximate surface area is 146 Å². The van der Waals surface area contributed by atoms with Gasteiger partial charge in [0, 0.05) is 10.0 Å². The second-order valence-corrected chi connectivity index (χ2v) is 5.93. The topological polar surface area (TPSA) is 78.9 Å². The monoisotopic (exact) mass is 388 g/mol. The summed E-state index contributed by atoms with van der Waals surface area (Å²) >= 11 is 3.31. The summed E-state index contributed by atoms with van der Waals surface area (Å²) in [4.78, 5) is 25.7. The first-order valence-corrected chi connectivity index (χ1v) is 7.79. The van der Waals surface area contributed by atoms with Crippen molar-refractivity contribution in [3.05, 3.63) is 58.2 Å². The highest BCUT2D eigenvalue weighted by atomic mass is 79.9. The summed E-state index contributed by atoms with van der Waals surface area (Å²) in [5.74, 6) is -0.356. The number of nitrogens with zero attached hydrogens (tertiary/aromatic N) is 1. The van der Waals surface area contributed by atoms with E-state index in [2.05, 4.69) is 21.2 Å². The van der Waals surface area contributed by atoms with E-state index in [0.29, 0.717) is 15.7 Å². The van der Waals surface area contributed by atoms with Crippen molar-refractivity contribution in [3.63, 3.8) is 0 Å². The zero-order valence-electron chi connectivity index (χ0n) is 12.6. The second kappa shape index (κ2) is 6.37. The predicted molar refractivity (Wildman–Crippen MR) is 92.8 cm³/mol. The number of methoxy groups -OCH3 is 1. The van der Waals surface area contributed by atoms with E-state index in [-0.39, 0.29) is 17.2 Å². The van der Waals surface area contributed by atoms with Crippen LogP contribution in [0.4, 0.5) is 10.5 Å². The van der Waals surface area contributed by atoms with Crippen molar-refractivity contribution < 1.29 is 19.4 Å². The predicted octanol–water partition coefficient (Wildman–Crippen LogP) is 3.26. The highest BCUT2D eigenvalue weighted by Crippen LogP contribution is 2.35. The Morgan fingerprint density at radius 2 is 1.92 bits per heavy atom. The highest BCUT2D eigenvalue weighted by molar-refractivity contribution is 9.10. The molecule has 0 aromatic heterocycles. The van der Waals surface area contributed by atoms with Crippen LogP contribution in [0.25, 0.3) is 6.08 Å². The quantitative estimate of drug-likeness (QED) is 0.624. The molecule has 1 aliphatic rings. The number of rotatable bonds is 3. The molecule has 3 rings (SSSR count). The van der Waals surface area contributed by atoms with Crippen LogP contribution in [-0.4, -0.2) is 24.2 Å². The molecule has 122 valence electrons. The lowest BCUT2D eigenvalue weighted by molar-refractivity contribution is -0.113. The molecule has 0 atom stereocenters. The molecule has 7 heteroatoms. The van der Waals surface area contributed by atoms with Crippen LogP contribution in [0.15, 0.2) is 52.6 Å². The lowest BCUT2D eigenvalue weighted by atomic mass is 10.1. The van der Waals surface area contributed by atoms with Crippen LogP contribution in [-0.2, 0) is 4.79 Å². The molecule has 24 heavy (non-hydrogen) atoms. The summed E-state index contributed by atoms with van der Waals surface area (Å²) in [7, 11) is 1.43. The van der Waals surface area contributed by atoms with Gasteiger partial charge in [-0.15, -0.1) is 0 Å². The van der Waals surface area contributed by atoms with Crippen LogP contribution in [0.1, 0.15) is 5.56 Å². The first kappa shape index (κ1) is 16.1. The minimum Gasteiger partial charge on any atom is -0.504 e. The zero-order valence-corrected chi connectivity index (χ0v) is 14.2. The number of aromatic hydroxyl groups is 1. The molecular weight excluding hydrogens is 376 g/mol. The molecule has 0 spiro atoms. The average molecular weight is 389 g/mol. The molecule has 1 fully saturated rings. The first-order chi connectivity index (χ1) is 11.5. The first-order valence-electron chi connectivity index (χ1n) is 7.00. The number of urea groups is 1. The number of hydrogen-bond acceptors (Lipinski definition) is 4. The van der Waals surface area contributed by atoms with E-state index in [1.807, 2.05) is 0 Å². The van der Waals surface area contributed by atoms with E-state index in [0.717, 1.165) is 4.90 Å². The lowest BCUT2D eigenvalue weighted by Gasteiger charge is -2.11. The SMILES string of the molecule is COc1cc(Br)cc(/C=C2/NC(=O)N(c3ccccc3)C2=O)c1O. The number of para-hydroxylation sites is 1. The Hall–Kier alpha value is -2.80. The molecule has 0 aliphatic carbocycles. The zero-order chi connectivity index (χ0) is 17.3.